The predicted molar refractivity (Wildman–Crippen MR) is 37.4 cm³/mol. The van der Waals surface area contributed by atoms with Crippen LogP contribution in [-0.2, 0) is 6.42 Å². The Hall–Kier alpha value is -1.56. The Morgan fingerprint density at radius 3 is 2.91 bits per heavy atom. The molecule has 0 spiro atoms. The van der Waals surface area contributed by atoms with Gasteiger partial charge in [-0.15, -0.1) is 0 Å². The summed E-state index contributed by atoms with van der Waals surface area (Å²) in [6, 6.07) is 6.02. The number of benzene rings is 1. The molecule has 1 N–H and O–H groups in total. The molecular weight excluding hydrogens is 145 g/mol. The van der Waals surface area contributed by atoms with Gasteiger partial charge in [-0.2, -0.15) is 5.26 Å². The van der Waals surface area contributed by atoms with Crippen molar-refractivity contribution < 1.29 is 9.50 Å². The molecule has 0 atom stereocenters. The van der Waals surface area contributed by atoms with Crippen molar-refractivity contribution in [3.05, 3.63) is 29.6 Å². The highest BCUT2D eigenvalue weighted by Crippen LogP contribution is 2.18. The fourth-order valence-electron chi connectivity index (χ4n) is 0.788. The standard InChI is InChI=1S/C8H6FNO/c9-8-6(4-5-10)2-1-3-7(8)11/h1-3,11H,4H2. The fourth-order valence-corrected chi connectivity index (χ4v) is 0.788. The highest BCUT2D eigenvalue weighted by atomic mass is 19.1. The molecule has 1 rings (SSSR count). The van der Waals surface area contributed by atoms with Gasteiger partial charge >= 0.3 is 0 Å². The van der Waals surface area contributed by atoms with E-state index in [0.717, 1.165) is 0 Å². The van der Waals surface area contributed by atoms with Gasteiger partial charge in [0.1, 0.15) is 0 Å². The summed E-state index contributed by atoms with van der Waals surface area (Å²) in [5.74, 6) is -1.10. The van der Waals surface area contributed by atoms with E-state index in [1.807, 2.05) is 0 Å². The Morgan fingerprint density at radius 2 is 2.27 bits per heavy atom. The molecule has 0 heterocycles. The van der Waals surface area contributed by atoms with Gasteiger partial charge in [-0.25, -0.2) is 4.39 Å². The van der Waals surface area contributed by atoms with Gasteiger partial charge in [0.25, 0.3) is 0 Å². The first-order chi connectivity index (χ1) is 5.25. The summed E-state index contributed by atoms with van der Waals surface area (Å²) >= 11 is 0. The van der Waals surface area contributed by atoms with Crippen molar-refractivity contribution >= 4 is 0 Å². The Morgan fingerprint density at radius 1 is 1.55 bits per heavy atom. The second kappa shape index (κ2) is 3.02. The summed E-state index contributed by atoms with van der Waals surface area (Å²) in [5, 5.41) is 17.1. The second-order valence-electron chi connectivity index (χ2n) is 2.09. The predicted octanol–water partition coefficient (Wildman–Crippen LogP) is 1.60. The SMILES string of the molecule is N#CCc1cccc(O)c1F. The van der Waals surface area contributed by atoms with Gasteiger partial charge < -0.3 is 5.11 Å². The van der Waals surface area contributed by atoms with E-state index < -0.39 is 11.6 Å². The smallest absolute Gasteiger partial charge is 0.169 e. The lowest BCUT2D eigenvalue weighted by atomic mass is 10.1. The summed E-state index contributed by atoms with van der Waals surface area (Å²) in [6.45, 7) is 0. The number of hydrogen-bond acceptors (Lipinski definition) is 2. The first kappa shape index (κ1) is 7.55. The topological polar surface area (TPSA) is 44.0 Å². The number of rotatable bonds is 1. The molecule has 0 saturated heterocycles. The Labute approximate surface area is 63.5 Å². The maximum absolute atomic E-state index is 12.8. The third kappa shape index (κ3) is 1.47. The maximum Gasteiger partial charge on any atom is 0.169 e. The average Bonchev–Trinajstić information content (AvgIpc) is 1.99. The fraction of sp³-hybridized carbons (Fsp3) is 0.125. The maximum atomic E-state index is 12.8. The number of nitrogens with zero attached hydrogens (tertiary/aromatic N) is 1. The van der Waals surface area contributed by atoms with Crippen molar-refractivity contribution in [3.63, 3.8) is 0 Å². The Kier molecular flexibility index (Phi) is 2.07. The van der Waals surface area contributed by atoms with E-state index in [1.54, 1.807) is 6.07 Å². The van der Waals surface area contributed by atoms with Crippen LogP contribution in [0.25, 0.3) is 0 Å². The zero-order valence-corrected chi connectivity index (χ0v) is 5.71. The molecule has 1 aromatic rings. The van der Waals surface area contributed by atoms with Crippen LogP contribution < -0.4 is 0 Å². The van der Waals surface area contributed by atoms with E-state index in [-0.39, 0.29) is 12.0 Å². The lowest BCUT2D eigenvalue weighted by Gasteiger charge is -1.98. The van der Waals surface area contributed by atoms with Crippen LogP contribution in [0.5, 0.6) is 5.75 Å². The zero-order chi connectivity index (χ0) is 8.27. The van der Waals surface area contributed by atoms with Gasteiger partial charge in [0.05, 0.1) is 12.5 Å². The van der Waals surface area contributed by atoms with Gasteiger partial charge in [0.2, 0.25) is 0 Å². The molecule has 0 aliphatic rings. The molecule has 0 bridgehead atoms. The first-order valence-corrected chi connectivity index (χ1v) is 3.09. The lowest BCUT2D eigenvalue weighted by Crippen LogP contribution is -1.87. The molecule has 2 nitrogen and oxygen atoms in total. The monoisotopic (exact) mass is 151 g/mol. The number of phenols is 1. The minimum absolute atomic E-state index is 0.0137. The molecular formula is C8H6FNO. The van der Waals surface area contributed by atoms with Crippen LogP contribution in [0.3, 0.4) is 0 Å². The van der Waals surface area contributed by atoms with Crippen LogP contribution in [0.4, 0.5) is 4.39 Å². The summed E-state index contributed by atoms with van der Waals surface area (Å²) in [5.41, 5.74) is 0.229. The van der Waals surface area contributed by atoms with Crippen LogP contribution in [0.2, 0.25) is 0 Å². The number of aromatic hydroxyl groups is 1. The molecule has 0 unspecified atom stereocenters. The van der Waals surface area contributed by atoms with Crippen molar-refractivity contribution in [2.24, 2.45) is 0 Å². The minimum atomic E-state index is -0.700. The van der Waals surface area contributed by atoms with Crippen molar-refractivity contribution in [1.82, 2.24) is 0 Å². The average molecular weight is 151 g/mol. The van der Waals surface area contributed by atoms with E-state index in [0.29, 0.717) is 0 Å². The summed E-state index contributed by atoms with van der Waals surface area (Å²) in [4.78, 5) is 0. The van der Waals surface area contributed by atoms with E-state index in [2.05, 4.69) is 0 Å². The molecule has 56 valence electrons. The summed E-state index contributed by atoms with van der Waals surface area (Å²) in [7, 11) is 0. The highest BCUT2D eigenvalue weighted by molar-refractivity contribution is 5.31. The zero-order valence-electron chi connectivity index (χ0n) is 5.71. The van der Waals surface area contributed by atoms with Crippen LogP contribution in [-0.4, -0.2) is 5.11 Å². The van der Waals surface area contributed by atoms with Crippen LogP contribution in [0.1, 0.15) is 5.56 Å². The number of hydrogen-bond donors (Lipinski definition) is 1. The highest BCUT2D eigenvalue weighted by Gasteiger charge is 2.04. The largest absolute Gasteiger partial charge is 0.505 e. The van der Waals surface area contributed by atoms with Crippen LogP contribution in [0, 0.1) is 17.1 Å². The first-order valence-electron chi connectivity index (χ1n) is 3.09. The van der Waals surface area contributed by atoms with Gasteiger partial charge in [-0.05, 0) is 6.07 Å². The molecule has 11 heavy (non-hydrogen) atoms. The number of nitriles is 1. The third-order valence-electron chi connectivity index (χ3n) is 1.33. The van der Waals surface area contributed by atoms with Crippen molar-refractivity contribution in [2.45, 2.75) is 6.42 Å². The van der Waals surface area contributed by atoms with E-state index in [1.165, 1.54) is 18.2 Å². The molecule has 0 aromatic heterocycles. The van der Waals surface area contributed by atoms with Gasteiger partial charge in [-0.1, -0.05) is 12.1 Å². The molecule has 0 fully saturated rings. The van der Waals surface area contributed by atoms with Crippen molar-refractivity contribution in [3.8, 4) is 11.8 Å². The van der Waals surface area contributed by atoms with Gasteiger partial charge in [0.15, 0.2) is 11.6 Å². The Bertz CT molecular complexity index is 303. The molecule has 0 aliphatic carbocycles. The van der Waals surface area contributed by atoms with Gasteiger partial charge in [0, 0.05) is 5.56 Å². The number of phenolic OH excluding ortho intramolecular Hbond substituents is 1. The molecule has 0 radical (unpaired) electrons. The molecule has 0 aliphatic heterocycles. The second-order valence-corrected chi connectivity index (χ2v) is 2.09. The summed E-state index contributed by atoms with van der Waals surface area (Å²) in [6.07, 6.45) is -0.0137. The van der Waals surface area contributed by atoms with Crippen LogP contribution in [0.15, 0.2) is 18.2 Å². The van der Waals surface area contributed by atoms with Gasteiger partial charge in [-0.3, -0.25) is 0 Å². The third-order valence-corrected chi connectivity index (χ3v) is 1.33. The minimum Gasteiger partial charge on any atom is -0.505 e. The quantitative estimate of drug-likeness (QED) is 0.662. The molecule has 0 amide bonds. The van der Waals surface area contributed by atoms with Crippen molar-refractivity contribution in [2.75, 3.05) is 0 Å². The van der Waals surface area contributed by atoms with Crippen molar-refractivity contribution in [1.29, 1.82) is 5.26 Å². The van der Waals surface area contributed by atoms with E-state index in [4.69, 9.17) is 10.4 Å². The normalized spacial score (nSPS) is 9.09. The van der Waals surface area contributed by atoms with Crippen LogP contribution >= 0.6 is 0 Å². The van der Waals surface area contributed by atoms with E-state index >= 15 is 0 Å². The molecule has 0 saturated carbocycles. The van der Waals surface area contributed by atoms with E-state index in [9.17, 15) is 4.39 Å². The summed E-state index contributed by atoms with van der Waals surface area (Å²) < 4.78 is 12.8. The molecule has 1 aromatic carbocycles. The number of halogens is 1. The Balaban J connectivity index is 3.08. The molecule has 3 heteroatoms. The lowest BCUT2D eigenvalue weighted by molar-refractivity contribution is 0.429.